The van der Waals surface area contributed by atoms with Crippen LogP contribution in [0.15, 0.2) is 42.5 Å². The Kier molecular flexibility index (Phi) is 16.7. The quantitative estimate of drug-likeness (QED) is 0.0873. The molecule has 0 aliphatic carbocycles. The smallest absolute Gasteiger partial charge is 0.309 e. The molecule has 5 aliphatic heterocycles. The average molecular weight is 925 g/mol. The summed E-state index contributed by atoms with van der Waals surface area (Å²) in [7, 11) is 0. The third kappa shape index (κ3) is 10.6. The van der Waals surface area contributed by atoms with E-state index in [0.29, 0.717) is 64.2 Å². The van der Waals surface area contributed by atoms with Crippen LogP contribution >= 0.6 is 0 Å². The van der Waals surface area contributed by atoms with Gasteiger partial charge in [-0.15, -0.1) is 0 Å². The normalized spacial score (nSPS) is 39.1. The Morgan fingerprint density at radius 2 is 1.55 bits per heavy atom. The lowest BCUT2D eigenvalue weighted by atomic mass is 9.72. The number of carbonyl (C=O) groups excluding carboxylic acids is 3. The summed E-state index contributed by atoms with van der Waals surface area (Å²) in [5.41, 5.74) is -0.817. The molecule has 0 radical (unpaired) electrons. The Labute approximate surface area is 392 Å². The molecule has 1 aromatic carbocycles. The van der Waals surface area contributed by atoms with E-state index in [1.807, 2.05) is 78.8 Å². The van der Waals surface area contributed by atoms with E-state index in [4.69, 9.17) is 23.7 Å². The summed E-state index contributed by atoms with van der Waals surface area (Å²) in [4.78, 5) is 53.7. The summed E-state index contributed by atoms with van der Waals surface area (Å²) in [5.74, 6) is -8.19. The Morgan fingerprint density at radius 3 is 2.18 bits per heavy atom. The molecule has 1 aromatic rings. The van der Waals surface area contributed by atoms with Crippen LogP contribution in [0.1, 0.15) is 139 Å². The lowest BCUT2D eigenvalue weighted by molar-refractivity contribution is -0.398. The third-order valence-electron chi connectivity index (χ3n) is 16.5. The monoisotopic (exact) mass is 925 g/mol. The number of rotatable bonds is 16. The van der Waals surface area contributed by atoms with E-state index < -0.39 is 107 Å². The highest BCUT2D eigenvalue weighted by molar-refractivity contribution is 6.35. The number of ether oxygens (including phenoxy) is 5. The molecule has 4 fully saturated rings. The Hall–Kier alpha value is -3.24. The SMILES string of the molecule is CC[C@@H](C(=O)[C@@H](C)[C@@H](O)[C@H](C)[C@@H]1O[C@@H]([C@@H](CC)C(=O)O)CC[C@@H]1C)[C@H]1O[C@]2(C=C[C@@H](NC(=O)C(=O)NCCc3ccccc3)[C@]3(CC[C@@](C)([C@H]4CC[C@](O)(CC)[C@H](C)O4)O3)O2)[C@H](C)C[C@@H]1C. The zero-order valence-electron chi connectivity index (χ0n) is 41.1. The van der Waals surface area contributed by atoms with E-state index in [9.17, 15) is 34.5 Å². The minimum Gasteiger partial charge on any atom is -0.481 e. The molecule has 14 nitrogen and oxygen atoms in total. The summed E-state index contributed by atoms with van der Waals surface area (Å²) >= 11 is 0. The lowest BCUT2D eigenvalue weighted by Crippen LogP contribution is -2.66. The summed E-state index contributed by atoms with van der Waals surface area (Å²) in [6.07, 6.45) is 6.16. The minimum absolute atomic E-state index is 0.0695. The predicted molar refractivity (Wildman–Crippen MR) is 248 cm³/mol. The molecule has 4 saturated heterocycles. The van der Waals surface area contributed by atoms with Crippen molar-refractivity contribution in [2.75, 3.05) is 6.54 Å². The first-order valence-corrected chi connectivity index (χ1v) is 25.0. The largest absolute Gasteiger partial charge is 0.481 e. The highest BCUT2D eigenvalue weighted by atomic mass is 16.8. The van der Waals surface area contributed by atoms with Gasteiger partial charge in [-0.2, -0.15) is 0 Å². The highest BCUT2D eigenvalue weighted by Gasteiger charge is 2.63. The Morgan fingerprint density at radius 1 is 0.848 bits per heavy atom. The van der Waals surface area contributed by atoms with Crippen LogP contribution in [0.2, 0.25) is 0 Å². The molecule has 370 valence electrons. The molecule has 2 spiro atoms. The van der Waals surface area contributed by atoms with Gasteiger partial charge in [-0.05, 0) is 102 Å². The Balaban J connectivity index is 1.23. The molecule has 6 rings (SSSR count). The number of benzene rings is 1. The van der Waals surface area contributed by atoms with E-state index in [0.717, 1.165) is 12.0 Å². The molecule has 14 heteroatoms. The van der Waals surface area contributed by atoms with Crippen molar-refractivity contribution >= 4 is 23.6 Å². The van der Waals surface area contributed by atoms with Crippen molar-refractivity contribution in [3.05, 3.63) is 48.0 Å². The molecule has 0 unspecified atom stereocenters. The second-order valence-corrected chi connectivity index (χ2v) is 20.9. The molecular weight excluding hydrogens is 845 g/mol. The molecule has 5 aliphatic rings. The summed E-state index contributed by atoms with van der Waals surface area (Å²) in [5, 5.41) is 38.7. The van der Waals surface area contributed by atoms with Crippen molar-refractivity contribution in [1.29, 1.82) is 0 Å². The van der Waals surface area contributed by atoms with Crippen LogP contribution in [-0.4, -0.2) is 111 Å². The van der Waals surface area contributed by atoms with Gasteiger partial charge in [-0.1, -0.05) is 91.8 Å². The van der Waals surface area contributed by atoms with Crippen LogP contribution in [0.4, 0.5) is 0 Å². The van der Waals surface area contributed by atoms with E-state index in [2.05, 4.69) is 24.5 Å². The number of ketones is 1. The van der Waals surface area contributed by atoms with E-state index >= 15 is 0 Å². The van der Waals surface area contributed by atoms with Crippen LogP contribution < -0.4 is 10.6 Å². The van der Waals surface area contributed by atoms with Crippen LogP contribution in [0.5, 0.6) is 0 Å². The average Bonchev–Trinajstić information content (AvgIpc) is 3.64. The Bertz CT molecular complexity index is 1880. The number of carbonyl (C=O) groups is 4. The number of carboxylic acids is 1. The van der Waals surface area contributed by atoms with Crippen molar-refractivity contribution in [2.24, 2.45) is 41.4 Å². The van der Waals surface area contributed by atoms with Crippen LogP contribution in [0.25, 0.3) is 0 Å². The molecule has 5 heterocycles. The van der Waals surface area contributed by atoms with Gasteiger partial charge in [-0.25, -0.2) is 0 Å². The van der Waals surface area contributed by atoms with Gasteiger partial charge >= 0.3 is 17.8 Å². The summed E-state index contributed by atoms with van der Waals surface area (Å²) in [6.45, 7) is 19.7. The maximum Gasteiger partial charge on any atom is 0.309 e. The number of hydrogen-bond donors (Lipinski definition) is 5. The second-order valence-electron chi connectivity index (χ2n) is 20.9. The molecule has 18 atom stereocenters. The molecular formula is C52H80N2O12. The predicted octanol–water partition coefficient (Wildman–Crippen LogP) is 6.67. The van der Waals surface area contributed by atoms with Gasteiger partial charge in [-0.3, -0.25) is 19.2 Å². The van der Waals surface area contributed by atoms with Crippen LogP contribution in [0.3, 0.4) is 0 Å². The summed E-state index contributed by atoms with van der Waals surface area (Å²) in [6, 6.07) is 8.80. The number of amides is 2. The van der Waals surface area contributed by atoms with Gasteiger partial charge < -0.3 is 49.6 Å². The molecule has 0 saturated carbocycles. The highest BCUT2D eigenvalue weighted by Crippen LogP contribution is 2.54. The van der Waals surface area contributed by atoms with Gasteiger partial charge in [0.25, 0.3) is 0 Å². The number of aliphatic carboxylic acids is 1. The van der Waals surface area contributed by atoms with Crippen molar-refractivity contribution in [3.8, 4) is 0 Å². The number of aliphatic hydroxyl groups is 2. The first kappa shape index (κ1) is 52.1. The molecule has 0 aromatic heterocycles. The maximum atomic E-state index is 14.7. The molecule has 0 bridgehead atoms. The first-order valence-electron chi connectivity index (χ1n) is 25.0. The number of aliphatic hydroxyl groups excluding tert-OH is 1. The van der Waals surface area contributed by atoms with Crippen molar-refractivity contribution in [2.45, 2.75) is 205 Å². The second kappa shape index (κ2) is 21.2. The molecule has 66 heavy (non-hydrogen) atoms. The third-order valence-corrected chi connectivity index (χ3v) is 16.5. The standard InChI is InChI=1S/C52H80N2O12/c1-11-37(48(59)60)39-20-19-30(4)44(63-39)34(8)42(55)33(7)43(56)38(12-2)45-31(5)29-32(6)51(64-45)25-21-40(54-47(58)46(57)53-28-23-36-17-15-14-16-18-36)52(66-51)27-26-49(10,65-52)41-22-24-50(61,13-3)35(9)62-41/h14-18,21,25,30-35,37-42,44-45,55,61H,11-13,19-20,22-24,26-29H2,1-10H3,(H,53,57)(H,54,58)(H,59,60)/t30-,31-,32+,33-,34-,35-,37+,38-,39+,40+,41+,42+,44+,45-,49-,50+,51-,52-/m0/s1. The molecule has 2 amide bonds. The zero-order chi connectivity index (χ0) is 48.4. The van der Waals surface area contributed by atoms with Crippen molar-refractivity contribution in [3.63, 3.8) is 0 Å². The van der Waals surface area contributed by atoms with Gasteiger partial charge in [0.05, 0.1) is 53.7 Å². The van der Waals surface area contributed by atoms with Crippen LogP contribution in [-0.2, 0) is 49.3 Å². The number of carboxylic acid groups (broad SMARTS) is 1. The fourth-order valence-corrected chi connectivity index (χ4v) is 11.9. The number of nitrogens with one attached hydrogen (secondary N) is 2. The van der Waals surface area contributed by atoms with E-state index in [1.54, 1.807) is 19.1 Å². The number of Topliss-reactive ketones (excluding diaryl/α,β-unsaturated/α-hetero) is 1. The van der Waals surface area contributed by atoms with Crippen molar-refractivity contribution < 1.29 is 58.2 Å². The van der Waals surface area contributed by atoms with Gasteiger partial charge in [0, 0.05) is 36.6 Å². The lowest BCUT2D eigenvalue weighted by Gasteiger charge is -2.55. The van der Waals surface area contributed by atoms with Gasteiger partial charge in [0.2, 0.25) is 0 Å². The maximum absolute atomic E-state index is 14.7. The minimum atomic E-state index is -1.50. The van der Waals surface area contributed by atoms with Gasteiger partial charge in [0.1, 0.15) is 11.8 Å². The van der Waals surface area contributed by atoms with E-state index in [1.165, 1.54) is 0 Å². The first-order chi connectivity index (χ1) is 31.2. The fraction of sp³-hybridized carbons (Fsp3) is 0.769. The van der Waals surface area contributed by atoms with Gasteiger partial charge in [0.15, 0.2) is 11.6 Å². The van der Waals surface area contributed by atoms with E-state index in [-0.39, 0.29) is 30.1 Å². The number of hydrogen-bond acceptors (Lipinski definition) is 11. The molecule has 5 N–H and O–H groups in total. The zero-order valence-corrected chi connectivity index (χ0v) is 41.1. The van der Waals surface area contributed by atoms with Crippen LogP contribution in [0, 0.1) is 41.4 Å². The fourth-order valence-electron chi connectivity index (χ4n) is 11.9. The van der Waals surface area contributed by atoms with Crippen molar-refractivity contribution in [1.82, 2.24) is 10.6 Å². The summed E-state index contributed by atoms with van der Waals surface area (Å²) < 4.78 is 34.5. The topological polar surface area (TPSA) is 199 Å².